The molecule has 1 atom stereocenters. The fourth-order valence-electron chi connectivity index (χ4n) is 3.83. The summed E-state index contributed by atoms with van der Waals surface area (Å²) in [5.41, 5.74) is 1.44. The number of carbonyl (C=O) groups is 1. The van der Waals surface area contributed by atoms with Crippen LogP contribution in [0.15, 0.2) is 11.4 Å². The summed E-state index contributed by atoms with van der Waals surface area (Å²) in [6.07, 6.45) is 7.43. The topological polar surface area (TPSA) is 46.1 Å². The second kappa shape index (κ2) is 7.23. The van der Waals surface area contributed by atoms with Crippen LogP contribution in [0.5, 0.6) is 0 Å². The summed E-state index contributed by atoms with van der Waals surface area (Å²) in [5.74, 6) is 2.24. The molecule has 0 aromatic carbocycles. The van der Waals surface area contributed by atoms with Crippen molar-refractivity contribution in [3.05, 3.63) is 16.8 Å². The Morgan fingerprint density at radius 3 is 2.84 bits per heavy atom. The highest BCUT2D eigenvalue weighted by atomic mass is 32.2. The van der Waals surface area contributed by atoms with Gasteiger partial charge < -0.3 is 4.90 Å². The fraction of sp³-hybridized carbons (Fsp3) is 0.632. The van der Waals surface area contributed by atoms with Crippen LogP contribution < -0.4 is 0 Å². The Bertz CT molecular complexity index is 780. The second-order valence-electron chi connectivity index (χ2n) is 7.56. The van der Waals surface area contributed by atoms with Gasteiger partial charge in [-0.25, -0.2) is 9.97 Å². The van der Waals surface area contributed by atoms with E-state index in [-0.39, 0.29) is 5.91 Å². The fourth-order valence-corrected chi connectivity index (χ4v) is 6.18. The molecule has 2 aromatic rings. The van der Waals surface area contributed by atoms with Crippen LogP contribution in [-0.2, 0) is 17.6 Å². The molecule has 1 aliphatic heterocycles. The molecule has 4 nitrogen and oxygen atoms in total. The van der Waals surface area contributed by atoms with Crippen molar-refractivity contribution in [3.8, 4) is 0 Å². The maximum absolute atomic E-state index is 12.5. The van der Waals surface area contributed by atoms with Crippen molar-refractivity contribution >= 4 is 39.2 Å². The third-order valence-electron chi connectivity index (χ3n) is 5.53. The van der Waals surface area contributed by atoms with Crippen LogP contribution >= 0.6 is 23.1 Å². The lowest BCUT2D eigenvalue weighted by molar-refractivity contribution is -0.129. The smallest absolute Gasteiger partial charge is 0.232 e. The van der Waals surface area contributed by atoms with Crippen LogP contribution in [0, 0.1) is 11.8 Å². The largest absolute Gasteiger partial charge is 0.342 e. The number of piperidine rings is 1. The van der Waals surface area contributed by atoms with Crippen LogP contribution in [-0.4, -0.2) is 39.6 Å². The van der Waals surface area contributed by atoms with Crippen molar-refractivity contribution in [1.29, 1.82) is 0 Å². The Labute approximate surface area is 157 Å². The van der Waals surface area contributed by atoms with Crippen LogP contribution in [0.3, 0.4) is 0 Å². The Kier molecular flexibility index (Phi) is 5.00. The van der Waals surface area contributed by atoms with Gasteiger partial charge in [-0.15, -0.1) is 11.3 Å². The number of thioether (sulfide) groups is 1. The van der Waals surface area contributed by atoms with Crippen molar-refractivity contribution in [1.82, 2.24) is 14.9 Å². The molecule has 1 aliphatic carbocycles. The van der Waals surface area contributed by atoms with E-state index < -0.39 is 0 Å². The van der Waals surface area contributed by atoms with Crippen LogP contribution in [0.4, 0.5) is 0 Å². The summed E-state index contributed by atoms with van der Waals surface area (Å²) in [6, 6.07) is 0. The summed E-state index contributed by atoms with van der Waals surface area (Å²) in [7, 11) is 0. The van der Waals surface area contributed by atoms with Crippen LogP contribution in [0.2, 0.25) is 0 Å². The van der Waals surface area contributed by atoms with Gasteiger partial charge in [-0.1, -0.05) is 25.6 Å². The van der Waals surface area contributed by atoms with Crippen molar-refractivity contribution in [2.45, 2.75) is 51.0 Å². The average Bonchev–Trinajstić information content (AvgIpc) is 2.98. The van der Waals surface area contributed by atoms with E-state index in [0.29, 0.717) is 5.75 Å². The first-order chi connectivity index (χ1) is 12.1. The normalized spacial score (nSPS) is 21.5. The van der Waals surface area contributed by atoms with Crippen molar-refractivity contribution in [2.24, 2.45) is 11.8 Å². The quantitative estimate of drug-likeness (QED) is 0.597. The highest BCUT2D eigenvalue weighted by Gasteiger charge is 2.24. The first kappa shape index (κ1) is 17.3. The number of nitrogens with zero attached hydrogens (tertiary/aromatic N) is 3. The first-order valence-corrected chi connectivity index (χ1v) is 11.1. The van der Waals surface area contributed by atoms with Gasteiger partial charge >= 0.3 is 0 Å². The van der Waals surface area contributed by atoms with Gasteiger partial charge in [-0.3, -0.25) is 4.79 Å². The molecule has 0 spiro atoms. The van der Waals surface area contributed by atoms with Gasteiger partial charge in [0.1, 0.15) is 16.2 Å². The lowest BCUT2D eigenvalue weighted by Gasteiger charge is -2.30. The van der Waals surface area contributed by atoms with Crippen LogP contribution in [0.1, 0.15) is 43.6 Å². The number of fused-ring (bicyclic) bond motifs is 3. The predicted molar refractivity (Wildman–Crippen MR) is 104 cm³/mol. The molecular formula is C19H25N3OS2. The minimum absolute atomic E-state index is 0.251. The van der Waals surface area contributed by atoms with Gasteiger partial charge in [0.25, 0.3) is 0 Å². The zero-order valence-corrected chi connectivity index (χ0v) is 16.6. The molecule has 1 fully saturated rings. The van der Waals surface area contributed by atoms with Gasteiger partial charge in [-0.05, 0) is 49.5 Å². The van der Waals surface area contributed by atoms with E-state index in [2.05, 4.69) is 23.8 Å². The average molecular weight is 376 g/mol. The molecule has 0 saturated carbocycles. The summed E-state index contributed by atoms with van der Waals surface area (Å²) >= 11 is 3.42. The SMILES string of the molecule is CC1CCN(C(=O)CSc2ncnc3sc4c(c23)CC[C@@H](C)C4)CC1. The van der Waals surface area contributed by atoms with Crippen LogP contribution in [0.25, 0.3) is 10.2 Å². The molecule has 25 heavy (non-hydrogen) atoms. The highest BCUT2D eigenvalue weighted by molar-refractivity contribution is 8.00. The van der Waals surface area contributed by atoms with Crippen molar-refractivity contribution in [2.75, 3.05) is 18.8 Å². The molecular weight excluding hydrogens is 350 g/mol. The van der Waals surface area contributed by atoms with Gasteiger partial charge in [-0.2, -0.15) is 0 Å². The van der Waals surface area contributed by atoms with E-state index in [1.165, 1.54) is 22.2 Å². The molecule has 0 N–H and O–H groups in total. The third kappa shape index (κ3) is 3.56. The lowest BCUT2D eigenvalue weighted by atomic mass is 9.89. The number of carbonyl (C=O) groups excluding carboxylic acids is 1. The molecule has 1 amide bonds. The number of likely N-dealkylation sites (tertiary alicyclic amines) is 1. The number of thiophene rings is 1. The Hall–Kier alpha value is -1.14. The number of rotatable bonds is 3. The monoisotopic (exact) mass is 375 g/mol. The lowest BCUT2D eigenvalue weighted by Crippen LogP contribution is -2.38. The standard InChI is InChI=1S/C19H25N3OS2/c1-12-5-7-22(8-6-12)16(23)10-24-18-17-14-4-3-13(2)9-15(14)25-19(17)21-11-20-18/h11-13H,3-10H2,1-2H3/t13-/m1/s1. The predicted octanol–water partition coefficient (Wildman–Crippen LogP) is 4.17. The Morgan fingerprint density at radius 1 is 1.24 bits per heavy atom. The zero-order valence-electron chi connectivity index (χ0n) is 15.0. The molecule has 2 aromatic heterocycles. The summed E-state index contributed by atoms with van der Waals surface area (Å²) in [5, 5.41) is 2.22. The number of aryl methyl sites for hydroxylation is 1. The maximum atomic E-state index is 12.5. The highest BCUT2D eigenvalue weighted by Crippen LogP contribution is 2.40. The molecule has 3 heterocycles. The van der Waals surface area contributed by atoms with Gasteiger partial charge in [0.15, 0.2) is 0 Å². The van der Waals surface area contributed by atoms with E-state index in [1.807, 2.05) is 16.2 Å². The van der Waals surface area contributed by atoms with Gasteiger partial charge in [0.05, 0.1) is 5.75 Å². The molecule has 2 aliphatic rings. The Balaban J connectivity index is 1.51. The summed E-state index contributed by atoms with van der Waals surface area (Å²) < 4.78 is 0. The zero-order chi connectivity index (χ0) is 17.4. The number of amides is 1. The maximum Gasteiger partial charge on any atom is 0.232 e. The molecule has 134 valence electrons. The number of aromatic nitrogens is 2. The molecule has 4 rings (SSSR count). The van der Waals surface area contributed by atoms with E-state index in [1.54, 1.807) is 18.1 Å². The van der Waals surface area contributed by atoms with E-state index in [4.69, 9.17) is 0 Å². The molecule has 0 bridgehead atoms. The minimum atomic E-state index is 0.251. The van der Waals surface area contributed by atoms with Gasteiger partial charge in [0.2, 0.25) is 5.91 Å². The summed E-state index contributed by atoms with van der Waals surface area (Å²) in [4.78, 5) is 26.2. The molecule has 0 radical (unpaired) electrons. The Morgan fingerprint density at radius 2 is 2.04 bits per heavy atom. The van der Waals surface area contributed by atoms with E-state index in [9.17, 15) is 4.79 Å². The number of hydrogen-bond acceptors (Lipinski definition) is 5. The minimum Gasteiger partial charge on any atom is -0.342 e. The van der Waals surface area contributed by atoms with E-state index >= 15 is 0 Å². The van der Waals surface area contributed by atoms with Gasteiger partial charge in [0, 0.05) is 23.4 Å². The summed E-state index contributed by atoms with van der Waals surface area (Å²) in [6.45, 7) is 6.42. The first-order valence-electron chi connectivity index (χ1n) is 9.27. The van der Waals surface area contributed by atoms with E-state index in [0.717, 1.165) is 60.5 Å². The second-order valence-corrected chi connectivity index (χ2v) is 9.61. The third-order valence-corrected chi connectivity index (χ3v) is 7.66. The van der Waals surface area contributed by atoms with Crippen molar-refractivity contribution < 1.29 is 4.79 Å². The molecule has 6 heteroatoms. The molecule has 1 saturated heterocycles. The van der Waals surface area contributed by atoms with Crippen molar-refractivity contribution in [3.63, 3.8) is 0 Å². The molecule has 0 unspecified atom stereocenters. The number of hydrogen-bond donors (Lipinski definition) is 0.